The Balaban J connectivity index is 2.42. The topological polar surface area (TPSA) is 48.1 Å². The lowest BCUT2D eigenvalue weighted by atomic mass is 10.3. The molecule has 1 aromatic carbocycles. The number of halogens is 2. The molecule has 0 aliphatic heterocycles. The predicted molar refractivity (Wildman–Crippen MR) is 75.3 cm³/mol. The summed E-state index contributed by atoms with van der Waals surface area (Å²) in [5.74, 6) is 1.08. The fourth-order valence-electron chi connectivity index (χ4n) is 1.32. The van der Waals surface area contributed by atoms with Crippen LogP contribution < -0.4 is 10.5 Å². The van der Waals surface area contributed by atoms with Crippen LogP contribution in [0.1, 0.15) is 5.56 Å². The maximum atomic E-state index is 5.86. The number of nitrogens with zero attached hydrogens (tertiary/aromatic N) is 1. The van der Waals surface area contributed by atoms with Crippen LogP contribution in [0.5, 0.6) is 11.6 Å². The van der Waals surface area contributed by atoms with E-state index >= 15 is 0 Å². The summed E-state index contributed by atoms with van der Waals surface area (Å²) in [6.07, 6.45) is 1.70. The Morgan fingerprint density at radius 1 is 1.24 bits per heavy atom. The van der Waals surface area contributed by atoms with Crippen LogP contribution in [0.3, 0.4) is 0 Å². The number of rotatable bonds is 2. The molecule has 17 heavy (non-hydrogen) atoms. The van der Waals surface area contributed by atoms with Gasteiger partial charge in [0.05, 0.1) is 14.6 Å². The van der Waals surface area contributed by atoms with Gasteiger partial charge in [0.2, 0.25) is 5.88 Å². The van der Waals surface area contributed by atoms with E-state index in [-0.39, 0.29) is 0 Å². The third-order valence-electron chi connectivity index (χ3n) is 2.25. The zero-order chi connectivity index (χ0) is 12.4. The monoisotopic (exact) mass is 356 g/mol. The van der Waals surface area contributed by atoms with Crippen LogP contribution in [0.4, 0.5) is 5.69 Å². The molecule has 0 saturated heterocycles. The van der Waals surface area contributed by atoms with Crippen LogP contribution in [-0.4, -0.2) is 4.98 Å². The highest BCUT2D eigenvalue weighted by Gasteiger charge is 2.11. The molecule has 1 aromatic heterocycles. The average molecular weight is 358 g/mol. The minimum atomic E-state index is 0.503. The van der Waals surface area contributed by atoms with Crippen LogP contribution in [-0.2, 0) is 0 Å². The van der Waals surface area contributed by atoms with E-state index in [9.17, 15) is 0 Å². The number of ether oxygens (including phenoxy) is 1. The zero-order valence-corrected chi connectivity index (χ0v) is 12.2. The molecule has 0 spiro atoms. The largest absolute Gasteiger partial charge is 0.435 e. The summed E-state index contributed by atoms with van der Waals surface area (Å²) in [6, 6.07) is 7.41. The molecule has 5 heteroatoms. The average Bonchev–Trinajstić information content (AvgIpc) is 2.29. The molecule has 0 fully saturated rings. The number of pyridine rings is 1. The highest BCUT2D eigenvalue weighted by Crippen LogP contribution is 2.37. The SMILES string of the molecule is Cc1ccnc(Oc2c(N)cccc2Br)c1Br. The Morgan fingerprint density at radius 2 is 2.00 bits per heavy atom. The van der Waals surface area contributed by atoms with Gasteiger partial charge in [0.1, 0.15) is 0 Å². The number of nitrogen functional groups attached to an aromatic ring is 1. The number of para-hydroxylation sites is 1. The van der Waals surface area contributed by atoms with Crippen molar-refractivity contribution < 1.29 is 4.74 Å². The molecule has 0 atom stereocenters. The molecule has 0 unspecified atom stereocenters. The van der Waals surface area contributed by atoms with Crippen molar-refractivity contribution in [1.82, 2.24) is 4.98 Å². The van der Waals surface area contributed by atoms with E-state index in [0.29, 0.717) is 17.3 Å². The van der Waals surface area contributed by atoms with E-state index in [2.05, 4.69) is 36.8 Å². The first-order chi connectivity index (χ1) is 8.09. The number of hydrogen-bond acceptors (Lipinski definition) is 3. The second kappa shape index (κ2) is 5.06. The van der Waals surface area contributed by atoms with Gasteiger partial charge in [-0.25, -0.2) is 4.98 Å². The standard InChI is InChI=1S/C12H10Br2N2O/c1-7-5-6-16-12(10(7)14)17-11-8(13)3-2-4-9(11)15/h2-6H,15H2,1H3. The number of anilines is 1. The Labute approximate surface area is 116 Å². The van der Waals surface area contributed by atoms with Crippen LogP contribution in [0, 0.1) is 6.92 Å². The maximum Gasteiger partial charge on any atom is 0.234 e. The predicted octanol–water partition coefficient (Wildman–Crippen LogP) is 4.29. The van der Waals surface area contributed by atoms with Gasteiger partial charge in [-0.15, -0.1) is 0 Å². The number of aromatic nitrogens is 1. The summed E-state index contributed by atoms with van der Waals surface area (Å²) in [7, 11) is 0. The third-order valence-corrected chi connectivity index (χ3v) is 3.84. The minimum absolute atomic E-state index is 0.503. The molecule has 0 aliphatic carbocycles. The quantitative estimate of drug-likeness (QED) is 0.815. The maximum absolute atomic E-state index is 5.86. The van der Waals surface area contributed by atoms with E-state index in [1.54, 1.807) is 12.3 Å². The van der Waals surface area contributed by atoms with Crippen molar-refractivity contribution in [1.29, 1.82) is 0 Å². The van der Waals surface area contributed by atoms with Crippen LogP contribution >= 0.6 is 31.9 Å². The van der Waals surface area contributed by atoms with E-state index in [4.69, 9.17) is 10.5 Å². The molecular formula is C12H10Br2N2O. The third kappa shape index (κ3) is 2.61. The fourth-order valence-corrected chi connectivity index (χ4v) is 2.09. The molecule has 88 valence electrons. The van der Waals surface area contributed by atoms with Gasteiger partial charge in [-0.05, 0) is 62.5 Å². The molecule has 0 radical (unpaired) electrons. The van der Waals surface area contributed by atoms with Crippen molar-refractivity contribution in [3.63, 3.8) is 0 Å². The van der Waals surface area contributed by atoms with Gasteiger partial charge in [0.25, 0.3) is 0 Å². The number of nitrogens with two attached hydrogens (primary N) is 1. The second-order valence-corrected chi connectivity index (χ2v) is 5.15. The van der Waals surface area contributed by atoms with Crippen molar-refractivity contribution >= 4 is 37.5 Å². The summed E-state index contributed by atoms with van der Waals surface area (Å²) >= 11 is 6.84. The van der Waals surface area contributed by atoms with E-state index < -0.39 is 0 Å². The summed E-state index contributed by atoms with van der Waals surface area (Å²) in [5.41, 5.74) is 7.48. The number of benzene rings is 1. The fraction of sp³-hybridized carbons (Fsp3) is 0.0833. The molecular weight excluding hydrogens is 348 g/mol. The summed E-state index contributed by atoms with van der Waals surface area (Å²) < 4.78 is 7.35. The summed E-state index contributed by atoms with van der Waals surface area (Å²) in [6.45, 7) is 1.97. The van der Waals surface area contributed by atoms with Gasteiger partial charge in [0.15, 0.2) is 5.75 Å². The Kier molecular flexibility index (Phi) is 3.69. The van der Waals surface area contributed by atoms with Gasteiger partial charge in [0, 0.05) is 6.20 Å². The Morgan fingerprint density at radius 3 is 2.71 bits per heavy atom. The van der Waals surface area contributed by atoms with Crippen molar-refractivity contribution in [2.45, 2.75) is 6.92 Å². The lowest BCUT2D eigenvalue weighted by Crippen LogP contribution is -1.95. The van der Waals surface area contributed by atoms with Gasteiger partial charge in [-0.3, -0.25) is 0 Å². The Bertz CT molecular complexity index is 538. The normalized spacial score (nSPS) is 10.3. The Hall–Kier alpha value is -1.07. The van der Waals surface area contributed by atoms with Crippen molar-refractivity contribution in [2.75, 3.05) is 5.73 Å². The highest BCUT2D eigenvalue weighted by atomic mass is 79.9. The molecule has 1 heterocycles. The van der Waals surface area contributed by atoms with E-state index in [0.717, 1.165) is 14.5 Å². The lowest BCUT2D eigenvalue weighted by molar-refractivity contribution is 0.458. The summed E-state index contributed by atoms with van der Waals surface area (Å²) in [4.78, 5) is 4.17. The molecule has 3 nitrogen and oxygen atoms in total. The smallest absolute Gasteiger partial charge is 0.234 e. The lowest BCUT2D eigenvalue weighted by Gasteiger charge is -2.11. The number of aryl methyl sites for hydroxylation is 1. The van der Waals surface area contributed by atoms with Crippen LogP contribution in [0.15, 0.2) is 39.4 Å². The number of hydrogen-bond donors (Lipinski definition) is 1. The molecule has 0 bridgehead atoms. The molecule has 2 aromatic rings. The molecule has 0 saturated carbocycles. The van der Waals surface area contributed by atoms with Crippen LogP contribution in [0.25, 0.3) is 0 Å². The minimum Gasteiger partial charge on any atom is -0.435 e. The molecule has 0 aliphatic rings. The molecule has 2 rings (SSSR count). The molecule has 2 N–H and O–H groups in total. The van der Waals surface area contributed by atoms with Crippen molar-refractivity contribution in [3.8, 4) is 11.6 Å². The zero-order valence-electron chi connectivity index (χ0n) is 9.08. The summed E-state index contributed by atoms with van der Waals surface area (Å²) in [5, 5.41) is 0. The molecule has 0 amide bonds. The van der Waals surface area contributed by atoms with Crippen molar-refractivity contribution in [3.05, 3.63) is 45.0 Å². The highest BCUT2D eigenvalue weighted by molar-refractivity contribution is 9.11. The van der Waals surface area contributed by atoms with Crippen molar-refractivity contribution in [2.24, 2.45) is 0 Å². The first-order valence-electron chi connectivity index (χ1n) is 4.92. The van der Waals surface area contributed by atoms with E-state index in [1.165, 1.54) is 0 Å². The van der Waals surface area contributed by atoms with E-state index in [1.807, 2.05) is 25.1 Å². The van der Waals surface area contributed by atoms with Gasteiger partial charge < -0.3 is 10.5 Å². The second-order valence-electron chi connectivity index (χ2n) is 3.51. The first kappa shape index (κ1) is 12.4. The van der Waals surface area contributed by atoms with Crippen LogP contribution in [0.2, 0.25) is 0 Å². The van der Waals surface area contributed by atoms with Gasteiger partial charge in [-0.2, -0.15) is 0 Å². The van der Waals surface area contributed by atoms with Gasteiger partial charge in [-0.1, -0.05) is 6.07 Å². The van der Waals surface area contributed by atoms with Gasteiger partial charge >= 0.3 is 0 Å². The first-order valence-corrected chi connectivity index (χ1v) is 6.51.